The summed E-state index contributed by atoms with van der Waals surface area (Å²) in [5.74, 6) is 2.54. The largest absolute Gasteiger partial charge is 0.391 e. The Balaban J connectivity index is 1.86. The Kier molecular flexibility index (Phi) is 5.70. The number of rotatable bonds is 4. The standard InChI is InChI=1S/C17H33NO/c1-4-5-14-8-10-18(11-9-14)16-12-15(13(2)3)6-7-17(16)19/h13-17,19H,4-12H2,1-3H3. The first kappa shape index (κ1) is 15.3. The molecule has 2 aliphatic rings. The average Bonchev–Trinajstić information content (AvgIpc) is 2.40. The van der Waals surface area contributed by atoms with Gasteiger partial charge >= 0.3 is 0 Å². The van der Waals surface area contributed by atoms with Crippen LogP contribution in [0.2, 0.25) is 0 Å². The molecule has 2 heteroatoms. The van der Waals surface area contributed by atoms with Gasteiger partial charge in [0.25, 0.3) is 0 Å². The smallest absolute Gasteiger partial charge is 0.0695 e. The fourth-order valence-electron chi connectivity index (χ4n) is 4.14. The minimum Gasteiger partial charge on any atom is -0.391 e. The fourth-order valence-corrected chi connectivity index (χ4v) is 4.14. The van der Waals surface area contributed by atoms with E-state index in [4.69, 9.17) is 0 Å². The van der Waals surface area contributed by atoms with E-state index in [2.05, 4.69) is 25.7 Å². The maximum atomic E-state index is 10.3. The molecule has 1 saturated carbocycles. The first-order valence-corrected chi connectivity index (χ1v) is 8.54. The van der Waals surface area contributed by atoms with Crippen LogP contribution in [0.1, 0.15) is 65.7 Å². The Morgan fingerprint density at radius 3 is 2.37 bits per heavy atom. The third-order valence-corrected chi connectivity index (χ3v) is 5.58. The van der Waals surface area contributed by atoms with Crippen molar-refractivity contribution in [2.75, 3.05) is 13.1 Å². The normalized spacial score (nSPS) is 34.9. The average molecular weight is 267 g/mol. The topological polar surface area (TPSA) is 23.5 Å². The SMILES string of the molecule is CCCC1CCN(C2CC(C(C)C)CCC2O)CC1. The van der Waals surface area contributed by atoms with Crippen molar-refractivity contribution in [1.29, 1.82) is 0 Å². The van der Waals surface area contributed by atoms with E-state index >= 15 is 0 Å². The number of hydrogen-bond acceptors (Lipinski definition) is 2. The summed E-state index contributed by atoms with van der Waals surface area (Å²) in [6.07, 6.45) is 8.81. The predicted octanol–water partition coefficient (Wildman–Crippen LogP) is 3.68. The molecule has 2 nitrogen and oxygen atoms in total. The highest BCUT2D eigenvalue weighted by Gasteiger charge is 2.35. The number of nitrogens with zero attached hydrogens (tertiary/aromatic N) is 1. The molecule has 0 amide bonds. The van der Waals surface area contributed by atoms with Gasteiger partial charge in [-0.3, -0.25) is 4.90 Å². The van der Waals surface area contributed by atoms with Crippen LogP contribution in [0.5, 0.6) is 0 Å². The molecule has 1 aliphatic heterocycles. The highest BCUT2D eigenvalue weighted by atomic mass is 16.3. The van der Waals surface area contributed by atoms with Crippen molar-refractivity contribution in [3.8, 4) is 0 Å². The minimum atomic E-state index is -0.0716. The first-order valence-electron chi connectivity index (χ1n) is 8.54. The second-order valence-electron chi connectivity index (χ2n) is 7.22. The monoisotopic (exact) mass is 267 g/mol. The zero-order valence-corrected chi connectivity index (χ0v) is 13.1. The number of aliphatic hydroxyl groups is 1. The molecule has 1 N–H and O–H groups in total. The highest BCUT2D eigenvalue weighted by Crippen LogP contribution is 2.34. The van der Waals surface area contributed by atoms with Gasteiger partial charge in [-0.25, -0.2) is 0 Å². The number of piperidine rings is 1. The summed E-state index contributed by atoms with van der Waals surface area (Å²) < 4.78 is 0. The molecule has 3 atom stereocenters. The molecule has 0 aromatic rings. The Morgan fingerprint density at radius 1 is 1.11 bits per heavy atom. The van der Waals surface area contributed by atoms with E-state index in [1.54, 1.807) is 0 Å². The number of hydrogen-bond donors (Lipinski definition) is 1. The predicted molar refractivity (Wildman–Crippen MR) is 81.2 cm³/mol. The van der Waals surface area contributed by atoms with Crippen molar-refractivity contribution in [2.45, 2.75) is 77.9 Å². The van der Waals surface area contributed by atoms with E-state index in [9.17, 15) is 5.11 Å². The van der Waals surface area contributed by atoms with Crippen LogP contribution in [0, 0.1) is 17.8 Å². The van der Waals surface area contributed by atoms with E-state index in [-0.39, 0.29) is 6.10 Å². The van der Waals surface area contributed by atoms with Gasteiger partial charge in [-0.2, -0.15) is 0 Å². The molecule has 0 bridgehead atoms. The van der Waals surface area contributed by atoms with Crippen molar-refractivity contribution >= 4 is 0 Å². The number of aliphatic hydroxyl groups excluding tert-OH is 1. The zero-order valence-electron chi connectivity index (χ0n) is 13.1. The van der Waals surface area contributed by atoms with Crippen LogP contribution in [0.3, 0.4) is 0 Å². The highest BCUT2D eigenvalue weighted by molar-refractivity contribution is 4.89. The summed E-state index contributed by atoms with van der Waals surface area (Å²) >= 11 is 0. The maximum Gasteiger partial charge on any atom is 0.0695 e. The molecule has 19 heavy (non-hydrogen) atoms. The van der Waals surface area contributed by atoms with E-state index in [0.29, 0.717) is 6.04 Å². The molecular weight excluding hydrogens is 234 g/mol. The van der Waals surface area contributed by atoms with Crippen molar-refractivity contribution in [2.24, 2.45) is 17.8 Å². The minimum absolute atomic E-state index is 0.0716. The molecule has 0 aromatic carbocycles. The molecule has 1 aliphatic carbocycles. The van der Waals surface area contributed by atoms with Crippen LogP contribution in [-0.4, -0.2) is 35.2 Å². The molecule has 0 spiro atoms. The van der Waals surface area contributed by atoms with Crippen LogP contribution in [-0.2, 0) is 0 Å². The van der Waals surface area contributed by atoms with Gasteiger partial charge in [0, 0.05) is 6.04 Å². The first-order chi connectivity index (χ1) is 9.11. The summed E-state index contributed by atoms with van der Waals surface area (Å²) in [6, 6.07) is 0.448. The third kappa shape index (κ3) is 3.95. The molecule has 1 saturated heterocycles. The van der Waals surface area contributed by atoms with Crippen LogP contribution >= 0.6 is 0 Å². The quantitative estimate of drug-likeness (QED) is 0.840. The lowest BCUT2D eigenvalue weighted by atomic mass is 9.76. The zero-order chi connectivity index (χ0) is 13.8. The lowest BCUT2D eigenvalue weighted by molar-refractivity contribution is -0.0178. The second kappa shape index (κ2) is 7.08. The molecule has 2 rings (SSSR count). The van der Waals surface area contributed by atoms with Crippen molar-refractivity contribution in [1.82, 2.24) is 4.90 Å². The molecular formula is C17H33NO. The summed E-state index contributed by atoms with van der Waals surface area (Å²) in [5.41, 5.74) is 0. The fraction of sp³-hybridized carbons (Fsp3) is 1.00. The summed E-state index contributed by atoms with van der Waals surface area (Å²) in [4.78, 5) is 2.60. The van der Waals surface area contributed by atoms with Gasteiger partial charge in [-0.1, -0.05) is 33.6 Å². The van der Waals surface area contributed by atoms with E-state index in [0.717, 1.165) is 24.2 Å². The molecule has 3 unspecified atom stereocenters. The molecule has 2 fully saturated rings. The van der Waals surface area contributed by atoms with Crippen LogP contribution in [0.4, 0.5) is 0 Å². The molecule has 112 valence electrons. The van der Waals surface area contributed by atoms with Gasteiger partial charge in [-0.15, -0.1) is 0 Å². The summed E-state index contributed by atoms with van der Waals surface area (Å²) in [7, 11) is 0. The van der Waals surface area contributed by atoms with Gasteiger partial charge in [-0.05, 0) is 62.9 Å². The summed E-state index contributed by atoms with van der Waals surface area (Å²) in [5, 5.41) is 10.3. The lowest BCUT2D eigenvalue weighted by Crippen LogP contribution is -2.50. The second-order valence-corrected chi connectivity index (χ2v) is 7.22. The summed E-state index contributed by atoms with van der Waals surface area (Å²) in [6.45, 7) is 9.42. The van der Waals surface area contributed by atoms with Crippen LogP contribution < -0.4 is 0 Å². The Labute approximate surface area is 119 Å². The Morgan fingerprint density at radius 2 is 1.79 bits per heavy atom. The third-order valence-electron chi connectivity index (χ3n) is 5.58. The Hall–Kier alpha value is -0.0800. The Bertz CT molecular complexity index is 258. The molecule has 0 radical (unpaired) electrons. The van der Waals surface area contributed by atoms with Crippen LogP contribution in [0.15, 0.2) is 0 Å². The molecule has 1 heterocycles. The number of likely N-dealkylation sites (tertiary alicyclic amines) is 1. The van der Waals surface area contributed by atoms with Crippen molar-refractivity contribution in [3.63, 3.8) is 0 Å². The lowest BCUT2D eigenvalue weighted by Gasteiger charge is -2.44. The molecule has 0 aromatic heterocycles. The maximum absolute atomic E-state index is 10.3. The van der Waals surface area contributed by atoms with Gasteiger partial charge < -0.3 is 5.11 Å². The van der Waals surface area contributed by atoms with E-state index < -0.39 is 0 Å². The van der Waals surface area contributed by atoms with E-state index in [1.807, 2.05) is 0 Å². The van der Waals surface area contributed by atoms with E-state index in [1.165, 1.54) is 51.6 Å². The van der Waals surface area contributed by atoms with Gasteiger partial charge in [0.2, 0.25) is 0 Å². The van der Waals surface area contributed by atoms with Gasteiger partial charge in [0.15, 0.2) is 0 Å². The van der Waals surface area contributed by atoms with Gasteiger partial charge in [0.05, 0.1) is 6.10 Å². The van der Waals surface area contributed by atoms with Crippen LogP contribution in [0.25, 0.3) is 0 Å². The van der Waals surface area contributed by atoms with Crippen molar-refractivity contribution < 1.29 is 5.11 Å². The van der Waals surface area contributed by atoms with Crippen molar-refractivity contribution in [3.05, 3.63) is 0 Å². The van der Waals surface area contributed by atoms with Gasteiger partial charge in [0.1, 0.15) is 0 Å².